The van der Waals surface area contributed by atoms with Crippen molar-refractivity contribution in [2.45, 2.75) is 6.18 Å². The molecule has 0 aliphatic heterocycles. The van der Waals surface area contributed by atoms with E-state index in [1.807, 2.05) is 0 Å². The Morgan fingerprint density at radius 1 is 1.15 bits per heavy atom. The maximum absolute atomic E-state index is 13.3. The number of aromatic nitrogens is 1. The van der Waals surface area contributed by atoms with Crippen LogP contribution in [0.15, 0.2) is 36.9 Å². The molecule has 0 fully saturated rings. The molecule has 104 valence electrons. The Hall–Kier alpha value is -2.37. The largest absolute Gasteiger partial charge is 0.418 e. The molecule has 6 heteroatoms. The second-order valence-electron chi connectivity index (χ2n) is 4.07. The summed E-state index contributed by atoms with van der Waals surface area (Å²) in [7, 11) is 0. The van der Waals surface area contributed by atoms with Crippen molar-refractivity contribution in [1.82, 2.24) is 4.98 Å². The van der Waals surface area contributed by atoms with Crippen LogP contribution in [0, 0.1) is 5.82 Å². The average Bonchev–Trinajstić information content (AvgIpc) is 2.37. The lowest BCUT2D eigenvalue weighted by Crippen LogP contribution is -2.10. The summed E-state index contributed by atoms with van der Waals surface area (Å²) in [5.41, 5.74) is 4.40. The minimum absolute atomic E-state index is 0.000347. The van der Waals surface area contributed by atoms with E-state index >= 15 is 0 Å². The van der Waals surface area contributed by atoms with Gasteiger partial charge in [0.25, 0.3) is 0 Å². The Morgan fingerprint density at radius 2 is 1.85 bits per heavy atom. The predicted molar refractivity (Wildman–Crippen MR) is 69.1 cm³/mol. The first-order valence-corrected chi connectivity index (χ1v) is 5.59. The fourth-order valence-electron chi connectivity index (χ4n) is 1.82. The van der Waals surface area contributed by atoms with Gasteiger partial charge in [-0.3, -0.25) is 0 Å². The molecule has 0 saturated heterocycles. The van der Waals surface area contributed by atoms with Gasteiger partial charge in [-0.25, -0.2) is 9.37 Å². The highest BCUT2D eigenvalue weighted by atomic mass is 19.4. The predicted octanol–water partition coefficient (Wildman–Crippen LogP) is 4.13. The number of nitrogens with two attached hydrogens (primary N) is 1. The lowest BCUT2D eigenvalue weighted by atomic mass is 9.99. The molecule has 0 aliphatic carbocycles. The van der Waals surface area contributed by atoms with Gasteiger partial charge < -0.3 is 5.73 Å². The van der Waals surface area contributed by atoms with E-state index < -0.39 is 23.3 Å². The van der Waals surface area contributed by atoms with Gasteiger partial charge in [-0.15, -0.1) is 0 Å². The summed E-state index contributed by atoms with van der Waals surface area (Å²) in [6.07, 6.45) is -3.28. The highest BCUT2D eigenvalue weighted by molar-refractivity contribution is 5.75. The molecular formula is C14H10F4N2. The van der Waals surface area contributed by atoms with Crippen LogP contribution in [-0.4, -0.2) is 4.98 Å². The lowest BCUT2D eigenvalue weighted by molar-refractivity contribution is -0.137. The lowest BCUT2D eigenvalue weighted by Gasteiger charge is -2.14. The molecule has 2 N–H and O–H groups in total. The molecule has 0 aliphatic rings. The normalized spacial score (nSPS) is 11.4. The van der Waals surface area contributed by atoms with Gasteiger partial charge in [-0.05, 0) is 29.8 Å². The molecule has 0 spiro atoms. The van der Waals surface area contributed by atoms with Gasteiger partial charge in [0.1, 0.15) is 11.6 Å². The maximum atomic E-state index is 13.3. The summed E-state index contributed by atoms with van der Waals surface area (Å²) in [6, 6.07) is 5.34. The Morgan fingerprint density at radius 3 is 2.45 bits per heavy atom. The summed E-state index contributed by atoms with van der Waals surface area (Å²) >= 11 is 0. The van der Waals surface area contributed by atoms with Gasteiger partial charge in [0.05, 0.1) is 11.3 Å². The maximum Gasteiger partial charge on any atom is 0.418 e. The number of hydrogen-bond acceptors (Lipinski definition) is 2. The van der Waals surface area contributed by atoms with Crippen molar-refractivity contribution in [3.63, 3.8) is 0 Å². The monoisotopic (exact) mass is 282 g/mol. The number of rotatable bonds is 2. The third-order valence-electron chi connectivity index (χ3n) is 2.71. The topological polar surface area (TPSA) is 38.9 Å². The summed E-state index contributed by atoms with van der Waals surface area (Å²) in [5, 5.41) is 0. The van der Waals surface area contributed by atoms with Crippen LogP contribution in [0.3, 0.4) is 0 Å². The SMILES string of the molecule is C=Cc1ccc(F)cc1-c1nc(N)ccc1C(F)(F)F. The van der Waals surface area contributed by atoms with E-state index in [0.29, 0.717) is 5.56 Å². The van der Waals surface area contributed by atoms with Gasteiger partial charge >= 0.3 is 6.18 Å². The van der Waals surface area contributed by atoms with Crippen LogP contribution >= 0.6 is 0 Å². The number of hydrogen-bond donors (Lipinski definition) is 1. The molecule has 20 heavy (non-hydrogen) atoms. The second kappa shape index (κ2) is 4.96. The highest BCUT2D eigenvalue weighted by Crippen LogP contribution is 2.38. The van der Waals surface area contributed by atoms with Crippen molar-refractivity contribution >= 4 is 11.9 Å². The van der Waals surface area contributed by atoms with Gasteiger partial charge in [-0.1, -0.05) is 18.7 Å². The van der Waals surface area contributed by atoms with Crippen LogP contribution in [-0.2, 0) is 6.18 Å². The molecule has 2 nitrogen and oxygen atoms in total. The molecule has 1 heterocycles. The number of nitrogens with zero attached hydrogens (tertiary/aromatic N) is 1. The van der Waals surface area contributed by atoms with Crippen LogP contribution in [0.25, 0.3) is 17.3 Å². The first-order chi connectivity index (χ1) is 9.32. The van der Waals surface area contributed by atoms with Gasteiger partial charge in [0, 0.05) is 5.56 Å². The van der Waals surface area contributed by atoms with Crippen molar-refractivity contribution in [1.29, 1.82) is 0 Å². The number of anilines is 1. The zero-order valence-corrected chi connectivity index (χ0v) is 10.2. The standard InChI is InChI=1S/C14H10F4N2/c1-2-8-3-4-9(15)7-10(8)13-11(14(16,17)18)5-6-12(19)20-13/h2-7H,1H2,(H2,19,20). The van der Waals surface area contributed by atoms with E-state index in [4.69, 9.17) is 5.73 Å². The Kier molecular flexibility index (Phi) is 3.48. The number of pyridine rings is 1. The third-order valence-corrected chi connectivity index (χ3v) is 2.71. The molecule has 0 amide bonds. The molecule has 0 atom stereocenters. The van der Waals surface area contributed by atoms with Crippen LogP contribution in [0.2, 0.25) is 0 Å². The number of benzene rings is 1. The first kappa shape index (κ1) is 14.0. The van der Waals surface area contributed by atoms with Crippen molar-refractivity contribution < 1.29 is 17.6 Å². The van der Waals surface area contributed by atoms with Crippen molar-refractivity contribution in [2.24, 2.45) is 0 Å². The van der Waals surface area contributed by atoms with Gasteiger partial charge in [0.2, 0.25) is 0 Å². The molecule has 1 aromatic carbocycles. The minimum atomic E-state index is -4.61. The van der Waals surface area contributed by atoms with Crippen molar-refractivity contribution in [2.75, 3.05) is 5.73 Å². The van der Waals surface area contributed by atoms with Crippen molar-refractivity contribution in [3.05, 3.63) is 53.9 Å². The molecule has 0 radical (unpaired) electrons. The highest BCUT2D eigenvalue weighted by Gasteiger charge is 2.35. The van der Waals surface area contributed by atoms with Crippen LogP contribution in [0.1, 0.15) is 11.1 Å². The Bertz CT molecular complexity index is 663. The summed E-state index contributed by atoms with van der Waals surface area (Å²) < 4.78 is 52.3. The zero-order chi connectivity index (χ0) is 14.9. The van der Waals surface area contributed by atoms with Crippen LogP contribution in [0.4, 0.5) is 23.4 Å². The Labute approximate surface area is 112 Å². The smallest absolute Gasteiger partial charge is 0.384 e. The molecular weight excluding hydrogens is 272 g/mol. The van der Waals surface area contributed by atoms with E-state index in [-0.39, 0.29) is 11.4 Å². The third kappa shape index (κ3) is 2.64. The van der Waals surface area contributed by atoms with Crippen molar-refractivity contribution in [3.8, 4) is 11.3 Å². The fourth-order valence-corrected chi connectivity index (χ4v) is 1.82. The van der Waals surface area contributed by atoms with Crippen LogP contribution in [0.5, 0.6) is 0 Å². The van der Waals surface area contributed by atoms with E-state index in [1.54, 1.807) is 0 Å². The number of nitrogen functional groups attached to an aromatic ring is 1. The second-order valence-corrected chi connectivity index (χ2v) is 4.07. The fraction of sp³-hybridized carbons (Fsp3) is 0.0714. The van der Waals surface area contributed by atoms with E-state index in [9.17, 15) is 17.6 Å². The van der Waals surface area contributed by atoms with Gasteiger partial charge in [0.15, 0.2) is 0 Å². The Balaban J connectivity index is 2.78. The average molecular weight is 282 g/mol. The first-order valence-electron chi connectivity index (χ1n) is 5.59. The van der Waals surface area contributed by atoms with E-state index in [1.165, 1.54) is 12.1 Å². The van der Waals surface area contributed by atoms with Gasteiger partial charge in [-0.2, -0.15) is 13.2 Å². The molecule has 2 rings (SSSR count). The molecule has 1 aromatic heterocycles. The zero-order valence-electron chi connectivity index (χ0n) is 10.2. The number of halogens is 4. The summed E-state index contributed by atoms with van der Waals surface area (Å²) in [5.74, 6) is -0.741. The summed E-state index contributed by atoms with van der Waals surface area (Å²) in [4.78, 5) is 3.70. The molecule has 0 bridgehead atoms. The molecule has 0 unspecified atom stereocenters. The quantitative estimate of drug-likeness (QED) is 0.841. The van der Waals surface area contributed by atoms with E-state index in [2.05, 4.69) is 11.6 Å². The van der Waals surface area contributed by atoms with E-state index in [0.717, 1.165) is 24.3 Å². The summed E-state index contributed by atoms with van der Waals surface area (Å²) in [6.45, 7) is 3.50. The molecule has 0 saturated carbocycles. The minimum Gasteiger partial charge on any atom is -0.384 e. The molecule has 2 aromatic rings. The number of alkyl halides is 3. The van der Waals surface area contributed by atoms with Crippen LogP contribution < -0.4 is 5.73 Å².